The molecule has 0 amide bonds. The number of benzene rings is 2. The molecule has 52 heavy (non-hydrogen) atoms. The molecule has 2 aromatic rings. The number of carbonyl (C=O) groups is 5. The number of aliphatic hydroxyl groups is 4. The van der Waals surface area contributed by atoms with Gasteiger partial charge in [-0.2, -0.15) is 0 Å². The maximum Gasteiger partial charge on any atom is 0.341 e. The summed E-state index contributed by atoms with van der Waals surface area (Å²) in [5.74, 6) is -9.06. The summed E-state index contributed by atoms with van der Waals surface area (Å²) in [5, 5.41) is 68.1. The zero-order valence-electron chi connectivity index (χ0n) is 28.1. The second-order valence-corrected chi connectivity index (χ2v) is 14.7. The molecule has 1 fully saturated rings. The van der Waals surface area contributed by atoms with Crippen molar-refractivity contribution in [2.24, 2.45) is 10.9 Å². The summed E-state index contributed by atoms with van der Waals surface area (Å²) in [4.78, 5) is 72.8. The summed E-state index contributed by atoms with van der Waals surface area (Å²) in [6.07, 6.45) is -6.81. The van der Waals surface area contributed by atoms with Crippen molar-refractivity contribution in [1.82, 2.24) is 0 Å². The molecule has 0 aromatic heterocycles. The molecule has 1 unspecified atom stereocenters. The van der Waals surface area contributed by atoms with E-state index in [0.29, 0.717) is 0 Å². The molecule has 6 N–H and O–H groups in total. The normalized spacial score (nSPS) is 33.4. The average Bonchev–Trinajstić information content (AvgIpc) is 3.10. The van der Waals surface area contributed by atoms with Gasteiger partial charge in [0.15, 0.2) is 23.2 Å². The standard InChI is InChI=1S/C34H33Br2NO15/c1-9-16(32(47)50-4)26(43)19-13(20(9)35)7-15(39)34(51-5)30(46)18-12(29(45)33(19,34)48)6-11-17(25(18)42)27(44)21(36)22(23(11)40)37-31-14(8-38)24(41)28(49-3)10(2)52-31/h6,10,14-15,21,24,28,31,38-39,41-43,48H,7-8H2,1-5H3/t10-,14+,15+,21?,24-,28-,31-,33-,34+/m0/s1. The number of esters is 1. The molecular weight excluding hydrogens is 822 g/mol. The van der Waals surface area contributed by atoms with Gasteiger partial charge in [-0.3, -0.25) is 24.2 Å². The number of hydrogen-bond donors (Lipinski definition) is 6. The number of aliphatic imine (C=N–C) groups is 1. The Hall–Kier alpha value is -3.46. The van der Waals surface area contributed by atoms with Crippen LogP contribution < -0.4 is 0 Å². The van der Waals surface area contributed by atoms with Gasteiger partial charge in [0.25, 0.3) is 0 Å². The lowest BCUT2D eigenvalue weighted by Gasteiger charge is -2.53. The number of methoxy groups -OCH3 is 3. The monoisotopic (exact) mass is 853 g/mol. The van der Waals surface area contributed by atoms with E-state index in [1.165, 1.54) is 14.0 Å². The van der Waals surface area contributed by atoms with Gasteiger partial charge in [0.1, 0.15) is 33.7 Å². The Bertz CT molecular complexity index is 2010. The first-order valence-corrected chi connectivity index (χ1v) is 17.5. The number of carbonyl (C=O) groups excluding carboxylic acids is 5. The molecule has 9 atom stereocenters. The summed E-state index contributed by atoms with van der Waals surface area (Å²) in [6.45, 7) is 2.34. The largest absolute Gasteiger partial charge is 0.507 e. The second kappa shape index (κ2) is 13.1. The minimum absolute atomic E-state index is 0.0574. The van der Waals surface area contributed by atoms with Crippen LogP contribution in [0.1, 0.15) is 75.4 Å². The van der Waals surface area contributed by atoms with E-state index >= 15 is 0 Å². The van der Waals surface area contributed by atoms with E-state index in [-0.39, 0.29) is 15.6 Å². The van der Waals surface area contributed by atoms with Crippen molar-refractivity contribution >= 4 is 66.7 Å². The lowest BCUT2D eigenvalue weighted by atomic mass is 9.56. The topological polar surface area (TPSA) is 256 Å². The fourth-order valence-electron chi connectivity index (χ4n) is 7.96. The molecule has 0 radical (unpaired) electrons. The number of aliphatic hydroxyl groups excluding tert-OH is 3. The number of Topliss-reactive ketones (excluding diaryl/α,β-unsaturated/α-hetero) is 4. The van der Waals surface area contributed by atoms with Crippen molar-refractivity contribution in [3.63, 3.8) is 0 Å². The maximum atomic E-state index is 14.7. The fourth-order valence-corrected chi connectivity index (χ4v) is 9.07. The number of halogens is 2. The molecule has 3 aliphatic carbocycles. The van der Waals surface area contributed by atoms with Crippen molar-refractivity contribution in [3.8, 4) is 11.5 Å². The molecule has 6 rings (SSSR count). The summed E-state index contributed by atoms with van der Waals surface area (Å²) in [7, 11) is 3.26. The molecule has 2 aromatic carbocycles. The summed E-state index contributed by atoms with van der Waals surface area (Å²) in [5.41, 5.74) is -10.7. The maximum absolute atomic E-state index is 14.7. The second-order valence-electron chi connectivity index (χ2n) is 12.9. The van der Waals surface area contributed by atoms with E-state index in [0.717, 1.165) is 20.3 Å². The van der Waals surface area contributed by atoms with Crippen molar-refractivity contribution < 1.29 is 73.6 Å². The van der Waals surface area contributed by atoms with Crippen LogP contribution in [-0.4, -0.2) is 134 Å². The third-order valence-corrected chi connectivity index (χ3v) is 12.5. The van der Waals surface area contributed by atoms with E-state index in [9.17, 15) is 54.6 Å². The van der Waals surface area contributed by atoms with Crippen LogP contribution in [0.25, 0.3) is 0 Å². The molecule has 16 nitrogen and oxygen atoms in total. The first-order chi connectivity index (χ1) is 24.4. The number of hydrogen-bond acceptors (Lipinski definition) is 16. The third-order valence-electron chi connectivity index (χ3n) is 10.6. The summed E-state index contributed by atoms with van der Waals surface area (Å²) < 4.78 is 21.5. The molecule has 278 valence electrons. The van der Waals surface area contributed by atoms with E-state index in [4.69, 9.17) is 18.9 Å². The van der Waals surface area contributed by atoms with Gasteiger partial charge in [-0.25, -0.2) is 4.79 Å². The summed E-state index contributed by atoms with van der Waals surface area (Å²) >= 11 is 6.44. The van der Waals surface area contributed by atoms with Crippen LogP contribution in [0.4, 0.5) is 0 Å². The van der Waals surface area contributed by atoms with Gasteiger partial charge in [0, 0.05) is 41.8 Å². The van der Waals surface area contributed by atoms with Gasteiger partial charge >= 0.3 is 5.97 Å². The molecule has 0 spiro atoms. The number of alkyl halides is 1. The van der Waals surface area contributed by atoms with Crippen molar-refractivity contribution in [2.75, 3.05) is 27.9 Å². The van der Waals surface area contributed by atoms with Crippen LogP contribution in [0.2, 0.25) is 0 Å². The zero-order valence-corrected chi connectivity index (χ0v) is 31.3. The Morgan fingerprint density at radius 2 is 1.71 bits per heavy atom. The number of nitrogens with zero attached hydrogens (tertiary/aromatic N) is 1. The predicted octanol–water partition coefficient (Wildman–Crippen LogP) is 0.837. The Morgan fingerprint density at radius 3 is 2.29 bits per heavy atom. The Labute approximate surface area is 311 Å². The number of ketones is 4. The van der Waals surface area contributed by atoms with Crippen LogP contribution in [0, 0.1) is 12.8 Å². The molecule has 4 aliphatic rings. The molecule has 0 bridgehead atoms. The van der Waals surface area contributed by atoms with E-state index < -0.39 is 145 Å². The minimum Gasteiger partial charge on any atom is -0.507 e. The van der Waals surface area contributed by atoms with Crippen LogP contribution in [0.15, 0.2) is 15.5 Å². The van der Waals surface area contributed by atoms with Crippen molar-refractivity contribution in [3.05, 3.63) is 55.0 Å². The van der Waals surface area contributed by atoms with Crippen LogP contribution in [0.3, 0.4) is 0 Å². The van der Waals surface area contributed by atoms with E-state index in [1.54, 1.807) is 6.92 Å². The smallest absolute Gasteiger partial charge is 0.341 e. The Morgan fingerprint density at radius 1 is 1.06 bits per heavy atom. The summed E-state index contributed by atoms with van der Waals surface area (Å²) in [6, 6.07) is 0.808. The highest BCUT2D eigenvalue weighted by atomic mass is 79.9. The van der Waals surface area contributed by atoms with Gasteiger partial charge in [-0.1, -0.05) is 31.9 Å². The first kappa shape index (κ1) is 38.3. The molecule has 0 saturated carbocycles. The van der Waals surface area contributed by atoms with Crippen molar-refractivity contribution in [2.45, 2.75) is 66.9 Å². The molecule has 1 heterocycles. The molecule has 1 saturated heterocycles. The van der Waals surface area contributed by atoms with Gasteiger partial charge in [0.05, 0.1) is 49.1 Å². The number of aromatic hydroxyl groups is 2. The highest BCUT2D eigenvalue weighted by Gasteiger charge is 2.73. The lowest BCUT2D eigenvalue weighted by Crippen LogP contribution is -2.73. The zero-order chi connectivity index (χ0) is 38.5. The molecular formula is C34H33Br2NO15. The number of rotatable bonds is 5. The van der Waals surface area contributed by atoms with Crippen LogP contribution in [-0.2, 0) is 31.0 Å². The van der Waals surface area contributed by atoms with Crippen molar-refractivity contribution in [1.29, 1.82) is 0 Å². The first-order valence-electron chi connectivity index (χ1n) is 15.8. The highest BCUT2D eigenvalue weighted by Crippen LogP contribution is 2.58. The van der Waals surface area contributed by atoms with Gasteiger partial charge in [0.2, 0.25) is 17.3 Å². The fraction of sp³-hybridized carbons (Fsp3) is 0.471. The van der Waals surface area contributed by atoms with E-state index in [1.807, 2.05) is 0 Å². The van der Waals surface area contributed by atoms with Gasteiger partial charge in [-0.05, 0) is 31.0 Å². The molecule has 18 heteroatoms. The Kier molecular flexibility index (Phi) is 9.67. The third kappa shape index (κ3) is 4.75. The SMILES string of the molecule is COC(=O)c1c(C)c(Br)c2c(c1O)[C@]1(O)C(=O)c3cc4c(c(O)c3C(=O)[C@]1(OC)[C@H](O)C2)C(=O)C(Br)C(=N[C@H]1O[C@@H](C)[C@H](OC)[C@@H](O)[C@H]1CO)C4=O. The van der Waals surface area contributed by atoms with Gasteiger partial charge in [-0.15, -0.1) is 0 Å². The number of phenols is 2. The van der Waals surface area contributed by atoms with E-state index in [2.05, 4.69) is 36.9 Å². The lowest BCUT2D eigenvalue weighted by molar-refractivity contribution is -0.206. The Balaban J connectivity index is 1.59. The van der Waals surface area contributed by atoms with Gasteiger partial charge < -0.3 is 49.6 Å². The number of fused-ring (bicyclic) bond motifs is 5. The quantitative estimate of drug-likeness (QED) is 0.180. The number of phenolic OH excluding ortho intramolecular Hbond substituents is 2. The predicted molar refractivity (Wildman–Crippen MR) is 183 cm³/mol. The van der Waals surface area contributed by atoms with Crippen LogP contribution in [0.5, 0.6) is 11.5 Å². The average molecular weight is 855 g/mol. The minimum atomic E-state index is -3.30. The molecule has 1 aliphatic heterocycles. The van der Waals surface area contributed by atoms with Crippen LogP contribution >= 0.6 is 31.9 Å². The highest BCUT2D eigenvalue weighted by molar-refractivity contribution is 9.10. The number of ether oxygens (including phenoxy) is 4.